The molecular weight excluding hydrogens is 348 g/mol. The van der Waals surface area contributed by atoms with E-state index in [0.29, 0.717) is 10.8 Å². The minimum Gasteiger partial charge on any atom is -0.465 e. The number of carboxylic acid groups (broad SMARTS) is 1. The summed E-state index contributed by atoms with van der Waals surface area (Å²) in [6.45, 7) is 6.32. The van der Waals surface area contributed by atoms with Crippen molar-refractivity contribution in [2.45, 2.75) is 77.3 Å². The van der Waals surface area contributed by atoms with E-state index in [-0.39, 0.29) is 6.04 Å². The Hall–Kier alpha value is -1.03. The van der Waals surface area contributed by atoms with Gasteiger partial charge in [0.05, 0.1) is 0 Å². The van der Waals surface area contributed by atoms with Crippen LogP contribution in [0.4, 0.5) is 4.79 Å². The number of likely N-dealkylation sites (tertiary alicyclic amines) is 1. The lowest BCUT2D eigenvalue weighted by molar-refractivity contribution is -0.0431. The predicted octanol–water partition coefficient (Wildman–Crippen LogP) is 4.86. The van der Waals surface area contributed by atoms with Crippen molar-refractivity contribution in [1.82, 2.24) is 9.80 Å². The Bertz CT molecular complexity index is 705. The van der Waals surface area contributed by atoms with E-state index >= 15 is 0 Å². The summed E-state index contributed by atoms with van der Waals surface area (Å²) in [5, 5.41) is 9.42. The molecule has 1 heterocycles. The number of amides is 1. The van der Waals surface area contributed by atoms with Crippen LogP contribution in [0.25, 0.3) is 0 Å². The van der Waals surface area contributed by atoms with Gasteiger partial charge in [0.25, 0.3) is 0 Å². The molecule has 1 amide bonds. The first-order valence-corrected chi connectivity index (χ1v) is 11.6. The maximum atomic E-state index is 11.5. The molecule has 0 radical (unpaired) electrons. The van der Waals surface area contributed by atoms with Crippen molar-refractivity contribution in [2.24, 2.45) is 34.5 Å². The molecule has 0 aromatic heterocycles. The molecule has 5 aliphatic rings. The number of rotatable bonds is 1. The van der Waals surface area contributed by atoms with E-state index in [4.69, 9.17) is 0 Å². The lowest BCUT2D eigenvalue weighted by Crippen LogP contribution is -2.52. The molecule has 0 bridgehead atoms. The van der Waals surface area contributed by atoms with Crippen LogP contribution in [0.2, 0.25) is 0 Å². The average Bonchev–Trinajstić information content (AvgIpc) is 3.14. The minimum atomic E-state index is -0.779. The molecule has 1 aliphatic heterocycles. The molecule has 8 atom stereocenters. The fraction of sp³-hybridized carbons (Fsp3) is 0.875. The highest BCUT2D eigenvalue weighted by Gasteiger charge is 2.64. The highest BCUT2D eigenvalue weighted by Crippen LogP contribution is 2.68. The molecule has 1 N–H and O–H groups in total. The normalized spacial score (nSPS) is 50.2. The topological polar surface area (TPSA) is 43.8 Å². The molecule has 3 saturated carbocycles. The first-order valence-electron chi connectivity index (χ1n) is 11.6. The number of fused-ring (bicyclic) bond motifs is 4. The molecule has 28 heavy (non-hydrogen) atoms. The third-order valence-corrected chi connectivity index (χ3v) is 10.5. The Labute approximate surface area is 170 Å². The monoisotopic (exact) mass is 386 g/mol. The van der Waals surface area contributed by atoms with Gasteiger partial charge in [0.2, 0.25) is 0 Å². The highest BCUT2D eigenvalue weighted by atomic mass is 16.4. The molecule has 0 aromatic carbocycles. The predicted molar refractivity (Wildman–Crippen MR) is 111 cm³/mol. The van der Waals surface area contributed by atoms with Crippen LogP contribution in [0.3, 0.4) is 0 Å². The Morgan fingerprint density at radius 1 is 1.18 bits per heavy atom. The van der Waals surface area contributed by atoms with Gasteiger partial charge in [0.1, 0.15) is 0 Å². The number of allylic oxidation sites excluding steroid dienone is 1. The molecule has 156 valence electrons. The van der Waals surface area contributed by atoms with Crippen molar-refractivity contribution in [1.29, 1.82) is 0 Å². The Balaban J connectivity index is 1.42. The van der Waals surface area contributed by atoms with Crippen molar-refractivity contribution >= 4 is 6.09 Å². The number of carbonyl (C=O) groups is 1. The summed E-state index contributed by atoms with van der Waals surface area (Å²) < 4.78 is 0. The van der Waals surface area contributed by atoms with Gasteiger partial charge in [-0.05, 0) is 99.8 Å². The van der Waals surface area contributed by atoms with Gasteiger partial charge in [-0.25, -0.2) is 4.79 Å². The first-order chi connectivity index (χ1) is 13.3. The Morgan fingerprint density at radius 3 is 2.68 bits per heavy atom. The first kappa shape index (κ1) is 19.0. The van der Waals surface area contributed by atoms with Crippen LogP contribution in [0, 0.1) is 34.5 Å². The van der Waals surface area contributed by atoms with E-state index in [9.17, 15) is 9.90 Å². The standard InChI is InChI=1S/C24H38N2O2/c1-15-19-7-8-21-18-6-5-16-13-17(26(4)22(27)28)9-11-23(16,2)20(18)10-12-24(19,21)14-25(15)3/h5,15,17-21H,6-14H2,1-4H3,(H,27,28). The van der Waals surface area contributed by atoms with Crippen LogP contribution in [0.5, 0.6) is 0 Å². The molecule has 1 spiro atoms. The number of hydrogen-bond acceptors (Lipinski definition) is 2. The van der Waals surface area contributed by atoms with Gasteiger partial charge in [0.15, 0.2) is 0 Å². The summed E-state index contributed by atoms with van der Waals surface area (Å²) in [5.41, 5.74) is 2.49. The third kappa shape index (κ3) is 2.36. The molecule has 8 unspecified atom stereocenters. The summed E-state index contributed by atoms with van der Waals surface area (Å²) in [6.07, 6.45) is 11.9. The third-order valence-electron chi connectivity index (χ3n) is 10.5. The zero-order valence-electron chi connectivity index (χ0n) is 18.2. The second kappa shape index (κ2) is 6.23. The number of nitrogens with zero attached hydrogens (tertiary/aromatic N) is 2. The van der Waals surface area contributed by atoms with E-state index in [0.717, 1.165) is 42.6 Å². The fourth-order valence-corrected chi connectivity index (χ4v) is 8.93. The molecule has 1 saturated heterocycles. The van der Waals surface area contributed by atoms with Crippen LogP contribution >= 0.6 is 0 Å². The Kier molecular flexibility index (Phi) is 4.22. The highest BCUT2D eigenvalue weighted by molar-refractivity contribution is 5.65. The van der Waals surface area contributed by atoms with Crippen LogP contribution < -0.4 is 0 Å². The maximum Gasteiger partial charge on any atom is 0.407 e. The van der Waals surface area contributed by atoms with Gasteiger partial charge in [-0.2, -0.15) is 0 Å². The second-order valence-electron chi connectivity index (χ2n) is 11.2. The summed E-state index contributed by atoms with van der Waals surface area (Å²) >= 11 is 0. The van der Waals surface area contributed by atoms with Gasteiger partial charge in [-0.3, -0.25) is 0 Å². The van der Waals surface area contributed by atoms with Crippen LogP contribution in [0.15, 0.2) is 11.6 Å². The zero-order valence-corrected chi connectivity index (χ0v) is 18.2. The van der Waals surface area contributed by atoms with Crippen molar-refractivity contribution in [3.63, 3.8) is 0 Å². The van der Waals surface area contributed by atoms with Gasteiger partial charge in [-0.1, -0.05) is 18.6 Å². The van der Waals surface area contributed by atoms with E-state index < -0.39 is 6.09 Å². The quantitative estimate of drug-likeness (QED) is 0.655. The van der Waals surface area contributed by atoms with Gasteiger partial charge in [0, 0.05) is 25.7 Å². The summed E-state index contributed by atoms with van der Waals surface area (Å²) in [4.78, 5) is 15.7. The maximum absolute atomic E-state index is 11.5. The molecule has 0 aromatic rings. The number of hydrogen-bond donors (Lipinski definition) is 1. The molecule has 4 aliphatic carbocycles. The Morgan fingerprint density at radius 2 is 1.93 bits per heavy atom. The van der Waals surface area contributed by atoms with E-state index in [2.05, 4.69) is 31.9 Å². The second-order valence-corrected chi connectivity index (χ2v) is 11.2. The van der Waals surface area contributed by atoms with Crippen molar-refractivity contribution in [3.05, 3.63) is 11.6 Å². The molecule has 4 heteroatoms. The molecule has 4 nitrogen and oxygen atoms in total. The van der Waals surface area contributed by atoms with Crippen LogP contribution in [-0.2, 0) is 0 Å². The van der Waals surface area contributed by atoms with Crippen molar-refractivity contribution in [3.8, 4) is 0 Å². The fourth-order valence-electron chi connectivity index (χ4n) is 8.93. The molecule has 5 rings (SSSR count). The molecular formula is C24H38N2O2. The van der Waals surface area contributed by atoms with Crippen LogP contribution in [0.1, 0.15) is 65.2 Å². The smallest absolute Gasteiger partial charge is 0.407 e. The van der Waals surface area contributed by atoms with E-state index in [1.165, 1.54) is 45.1 Å². The van der Waals surface area contributed by atoms with Crippen molar-refractivity contribution in [2.75, 3.05) is 20.6 Å². The lowest BCUT2D eigenvalue weighted by atomic mass is 9.47. The van der Waals surface area contributed by atoms with Gasteiger partial charge in [-0.15, -0.1) is 0 Å². The minimum absolute atomic E-state index is 0.170. The SMILES string of the molecule is CC1C2CCC3C4CC=C5CC(N(C)C(=O)O)CCC5(C)C4CCC32CN1C. The van der Waals surface area contributed by atoms with Gasteiger partial charge < -0.3 is 14.9 Å². The summed E-state index contributed by atoms with van der Waals surface area (Å²) in [6, 6.07) is 0.928. The molecule has 4 fully saturated rings. The van der Waals surface area contributed by atoms with Crippen LogP contribution in [-0.4, -0.2) is 53.7 Å². The van der Waals surface area contributed by atoms with Gasteiger partial charge >= 0.3 is 6.09 Å². The zero-order chi connectivity index (χ0) is 19.8. The summed E-state index contributed by atoms with van der Waals surface area (Å²) in [7, 11) is 4.10. The largest absolute Gasteiger partial charge is 0.465 e. The van der Waals surface area contributed by atoms with E-state index in [1.807, 2.05) is 0 Å². The summed E-state index contributed by atoms with van der Waals surface area (Å²) in [5.74, 6) is 3.51. The average molecular weight is 387 g/mol. The lowest BCUT2D eigenvalue weighted by Gasteiger charge is -2.58. The van der Waals surface area contributed by atoms with E-state index in [1.54, 1.807) is 17.5 Å². The van der Waals surface area contributed by atoms with Crippen molar-refractivity contribution < 1.29 is 9.90 Å².